The van der Waals surface area contributed by atoms with E-state index in [1.807, 2.05) is 0 Å². The normalized spacial score (nSPS) is 14.0. The zero-order valence-corrected chi connectivity index (χ0v) is 81.0. The Labute approximate surface area is 792 Å². The van der Waals surface area contributed by atoms with Crippen molar-refractivity contribution in [2.75, 3.05) is 43.6 Å². The molecule has 0 amide bonds. The highest BCUT2D eigenvalue weighted by molar-refractivity contribution is 7.02. The summed E-state index contributed by atoms with van der Waals surface area (Å²) in [5, 5.41) is 0. The van der Waals surface area contributed by atoms with E-state index in [9.17, 15) is 0 Å². The van der Waals surface area contributed by atoms with E-state index in [1.54, 1.807) is 14.2 Å². The number of aryl methyl sites for hydroxylation is 1. The van der Waals surface area contributed by atoms with Gasteiger partial charge in [0.15, 0.2) is 17.5 Å². The fourth-order valence-corrected chi connectivity index (χ4v) is 21.6. The van der Waals surface area contributed by atoms with Crippen molar-refractivity contribution < 1.29 is 9.47 Å². The van der Waals surface area contributed by atoms with E-state index < -0.39 is 0 Å². The van der Waals surface area contributed by atoms with Crippen LogP contribution in [0.5, 0.6) is 11.5 Å². The van der Waals surface area contributed by atoms with Crippen LogP contribution < -0.4 is 88.0 Å². The fraction of sp³-hybridized carbons (Fsp3) is 0.225. The third-order valence-electron chi connectivity index (χ3n) is 28.9. The zero-order chi connectivity index (χ0) is 93.0. The number of anilines is 18. The highest BCUT2D eigenvalue weighted by atomic mass is 16.5. The topological polar surface area (TPSA) is 76.6 Å². The van der Waals surface area contributed by atoms with Gasteiger partial charge in [0.1, 0.15) is 11.5 Å². The summed E-state index contributed by atoms with van der Waals surface area (Å²) in [6.45, 7) is 43.1. The van der Waals surface area contributed by atoms with Crippen LogP contribution in [-0.2, 0) is 32.5 Å². The van der Waals surface area contributed by atoms with Gasteiger partial charge in [-0.2, -0.15) is 0 Å². The average Bonchev–Trinajstić information content (AvgIpc) is 0.704. The number of hydrogen-bond donors (Lipinski definition) is 0. The molecule has 0 spiro atoms. The average molecular weight is 1750 g/mol. The van der Waals surface area contributed by atoms with Crippen molar-refractivity contribution in [3.05, 3.63) is 348 Å². The number of benzene rings is 15. The van der Waals surface area contributed by atoms with Gasteiger partial charge in [0, 0.05) is 119 Å². The lowest BCUT2D eigenvalue weighted by Crippen LogP contribution is -2.61. The first kappa shape index (κ1) is 85.4. The minimum atomic E-state index is -0.243. The second kappa shape index (κ2) is 31.0. The predicted octanol–water partition coefficient (Wildman–Crippen LogP) is 25.2. The van der Waals surface area contributed by atoms with Crippen LogP contribution in [0.4, 0.5) is 102 Å². The minimum absolute atomic E-state index is 0.0336. The monoisotopic (exact) mass is 1750 g/mol. The summed E-state index contributed by atoms with van der Waals surface area (Å²) in [7, 11) is 3.48. The van der Waals surface area contributed by atoms with Crippen LogP contribution in [0, 0.1) is 6.92 Å². The minimum Gasteiger partial charge on any atom is -0.497 e. The van der Waals surface area contributed by atoms with E-state index in [0.717, 1.165) is 147 Å². The third-order valence-corrected chi connectivity index (χ3v) is 28.9. The van der Waals surface area contributed by atoms with Gasteiger partial charge < -0.3 is 38.9 Å². The highest BCUT2D eigenvalue weighted by Crippen LogP contribution is 2.52. The number of rotatable bonds is 11. The molecule has 134 heavy (non-hydrogen) atoms. The molecule has 0 N–H and O–H groups in total. The van der Waals surface area contributed by atoms with Gasteiger partial charge in [0.25, 0.3) is 20.1 Å². The fourth-order valence-electron chi connectivity index (χ4n) is 21.6. The Kier molecular flexibility index (Phi) is 19.8. The van der Waals surface area contributed by atoms with Gasteiger partial charge in [-0.15, -0.1) is 0 Å². The number of methoxy groups -OCH3 is 2. The number of nitrogens with zero attached hydrogens (tertiary/aromatic N) is 9. The zero-order valence-electron chi connectivity index (χ0n) is 81.0. The lowest BCUT2D eigenvalue weighted by Gasteiger charge is -2.44. The van der Waals surface area contributed by atoms with Crippen LogP contribution in [0.2, 0.25) is 0 Å². The standard InChI is InChI=1S/C120H114B3N9O2/c1-73-31-45-83(46-32-73)127-97-61-33-74(67-91(97)121-94-70-80(118(11,12)13)42-64-100(94)128(104-26-22-25-103(127)109(104)121)84-47-36-77(37-48-84)115(2,3)4)112-124-113(75-34-62-98-92(68-75)122-95-71-81(119(14,15)16)43-65-101(95)129(85-49-38-78(39-50-85)116(5,6)7)105-27-23-29-107(110(105)122)131(98)87-53-57-89(133-20)58-54-87)126-114(125-112)76-35-63-99-93(69-76)123-96-72-82(120(17,18)19)44-66-102(96)130(86-51-40-79(41-52-86)117(8,9)10)106-28-24-30-108(111(106)123)132(99)88-55-59-90(134-21)60-56-88/h22-72H,1-21H3. The molecule has 6 aliphatic rings. The van der Waals surface area contributed by atoms with Crippen LogP contribution in [0.3, 0.4) is 0 Å². The summed E-state index contributed by atoms with van der Waals surface area (Å²) in [6.07, 6.45) is 0. The SMILES string of the molecule is COc1ccc(N2c3ccc(-c4nc(-c5ccc6c(c5)B5c7cc(C(C)(C)C)ccc7N(c7ccc(C(C)(C)C)cc7)c7cccc(c75)N6c5ccc(C)cc5)nc(-c5ccc6c(c5)B5c7cc(C(C)(C)C)ccc7N(c7ccc(C(C)(C)C)cc7)c7cccc(c75)N6c5ccc(OC)cc5)n4)cc3B3c4cc(C(C)(C)C)ccc4N(c4ccc(C(C)(C)C)cc4)c4cccc2c43)cc1. The third kappa shape index (κ3) is 14.1. The molecule has 0 bridgehead atoms. The number of aromatic nitrogens is 3. The molecule has 1 aromatic heterocycles. The maximum Gasteiger partial charge on any atom is 0.252 e. The Morgan fingerprint density at radius 1 is 0.209 bits per heavy atom. The smallest absolute Gasteiger partial charge is 0.252 e. The Bertz CT molecular complexity index is 7110. The molecule has 0 fully saturated rings. The Balaban J connectivity index is 0.804. The van der Waals surface area contributed by atoms with E-state index in [4.69, 9.17) is 24.4 Å². The van der Waals surface area contributed by atoms with Crippen molar-refractivity contribution in [1.82, 2.24) is 15.0 Å². The molecule has 22 rings (SSSR count). The van der Waals surface area contributed by atoms with Crippen LogP contribution in [0.15, 0.2) is 309 Å². The van der Waals surface area contributed by atoms with E-state index in [1.165, 1.54) is 71.7 Å². The molecule has 0 unspecified atom stereocenters. The van der Waals surface area contributed by atoms with Crippen molar-refractivity contribution in [1.29, 1.82) is 0 Å². The summed E-state index contributed by atoms with van der Waals surface area (Å²) >= 11 is 0. The highest BCUT2D eigenvalue weighted by Gasteiger charge is 2.49. The summed E-state index contributed by atoms with van der Waals surface area (Å²) in [5.41, 5.74) is 41.3. The summed E-state index contributed by atoms with van der Waals surface area (Å²) < 4.78 is 11.8. The van der Waals surface area contributed by atoms with Crippen LogP contribution in [0.1, 0.15) is 164 Å². The maximum atomic E-state index is 6.02. The second-order valence-corrected chi connectivity index (χ2v) is 43.8. The number of ether oxygens (including phenoxy) is 2. The van der Waals surface area contributed by atoms with Gasteiger partial charge in [-0.05, 0) is 310 Å². The predicted molar refractivity (Wildman–Crippen MR) is 568 cm³/mol. The molecular formula is C120H114B3N9O2. The van der Waals surface area contributed by atoms with E-state index in [2.05, 4.69) is 470 Å². The largest absolute Gasteiger partial charge is 0.497 e. The molecule has 0 aliphatic carbocycles. The molecule has 660 valence electrons. The summed E-state index contributed by atoms with van der Waals surface area (Å²) in [4.78, 5) is 33.0. The quantitative estimate of drug-likeness (QED) is 0.116. The molecule has 7 heterocycles. The van der Waals surface area contributed by atoms with Crippen LogP contribution >= 0.6 is 0 Å². The molecule has 0 saturated heterocycles. The van der Waals surface area contributed by atoms with Crippen molar-refractivity contribution in [3.63, 3.8) is 0 Å². The van der Waals surface area contributed by atoms with Crippen molar-refractivity contribution in [2.45, 2.75) is 164 Å². The first-order valence-corrected chi connectivity index (χ1v) is 47.5. The molecule has 0 atom stereocenters. The lowest BCUT2D eigenvalue weighted by atomic mass is 9.33. The molecule has 11 nitrogen and oxygen atoms in total. The molecule has 15 aromatic carbocycles. The molecule has 14 heteroatoms. The van der Waals surface area contributed by atoms with Crippen molar-refractivity contribution in [3.8, 4) is 45.7 Å². The first-order chi connectivity index (χ1) is 64.0. The van der Waals surface area contributed by atoms with Crippen LogP contribution in [0.25, 0.3) is 34.2 Å². The second-order valence-electron chi connectivity index (χ2n) is 43.8. The first-order valence-electron chi connectivity index (χ1n) is 47.5. The van der Waals surface area contributed by atoms with E-state index in [-0.39, 0.29) is 52.6 Å². The maximum absolute atomic E-state index is 6.02. The molecular weight excluding hydrogens is 1630 g/mol. The van der Waals surface area contributed by atoms with Gasteiger partial charge in [0.2, 0.25) is 0 Å². The van der Waals surface area contributed by atoms with Crippen molar-refractivity contribution in [2.24, 2.45) is 0 Å². The van der Waals surface area contributed by atoms with Gasteiger partial charge in [-0.3, -0.25) is 0 Å². The van der Waals surface area contributed by atoms with Gasteiger partial charge in [-0.1, -0.05) is 252 Å². The van der Waals surface area contributed by atoms with E-state index in [0.29, 0.717) is 17.5 Å². The lowest BCUT2D eigenvalue weighted by molar-refractivity contribution is 0.414. The van der Waals surface area contributed by atoms with Crippen LogP contribution in [-0.4, -0.2) is 49.3 Å². The summed E-state index contributed by atoms with van der Waals surface area (Å²) in [6, 6.07) is 117. The van der Waals surface area contributed by atoms with E-state index >= 15 is 0 Å². The van der Waals surface area contributed by atoms with Crippen molar-refractivity contribution >= 4 is 172 Å². The number of hydrogen-bond acceptors (Lipinski definition) is 11. The van der Waals surface area contributed by atoms with Gasteiger partial charge in [-0.25, -0.2) is 15.0 Å². The Morgan fingerprint density at radius 2 is 0.403 bits per heavy atom. The molecule has 6 aliphatic heterocycles. The Hall–Kier alpha value is -14.1. The molecule has 16 aromatic rings. The van der Waals surface area contributed by atoms with Gasteiger partial charge in [0.05, 0.1) is 14.2 Å². The molecule has 0 radical (unpaired) electrons. The number of fused-ring (bicyclic) bond motifs is 12. The molecule has 0 saturated carbocycles. The Morgan fingerprint density at radius 3 is 0.619 bits per heavy atom. The van der Waals surface area contributed by atoms with Gasteiger partial charge >= 0.3 is 0 Å². The summed E-state index contributed by atoms with van der Waals surface area (Å²) in [5.74, 6) is 3.24.